The highest BCUT2D eigenvalue weighted by molar-refractivity contribution is 5.32. The Bertz CT molecular complexity index is 323. The molecule has 0 bridgehead atoms. The van der Waals surface area contributed by atoms with Crippen LogP contribution in [0, 0.1) is 12.7 Å². The third kappa shape index (κ3) is 2.30. The van der Waals surface area contributed by atoms with Crippen LogP contribution >= 0.6 is 0 Å². The number of rotatable bonds is 3. The number of nitrogens with two attached hydrogens (primary N) is 1. The molecular formula is C11H16FNO. The molecule has 2 nitrogen and oxygen atoms in total. The summed E-state index contributed by atoms with van der Waals surface area (Å²) >= 11 is 0. The molecule has 78 valence electrons. The summed E-state index contributed by atoms with van der Waals surface area (Å²) < 4.78 is 12.9. The molecule has 0 heterocycles. The van der Waals surface area contributed by atoms with E-state index in [1.165, 1.54) is 12.1 Å². The van der Waals surface area contributed by atoms with Gasteiger partial charge in [0.15, 0.2) is 0 Å². The highest BCUT2D eigenvalue weighted by Crippen LogP contribution is 2.26. The van der Waals surface area contributed by atoms with Crippen molar-refractivity contribution < 1.29 is 9.23 Å². The maximum absolute atomic E-state index is 12.9. The van der Waals surface area contributed by atoms with Crippen LogP contribution in [0.3, 0.4) is 0 Å². The van der Waals surface area contributed by atoms with Crippen LogP contribution in [0.1, 0.15) is 25.0 Å². The van der Waals surface area contributed by atoms with Gasteiger partial charge < -0.3 is 4.84 Å². The van der Waals surface area contributed by atoms with Crippen LogP contribution in [0.25, 0.3) is 0 Å². The molecule has 0 fully saturated rings. The predicted molar refractivity (Wildman–Crippen MR) is 54.3 cm³/mol. The van der Waals surface area contributed by atoms with E-state index in [1.54, 1.807) is 6.07 Å². The molecule has 1 aromatic rings. The molecule has 0 atom stereocenters. The Morgan fingerprint density at radius 1 is 1.43 bits per heavy atom. The van der Waals surface area contributed by atoms with Gasteiger partial charge in [-0.25, -0.2) is 10.3 Å². The van der Waals surface area contributed by atoms with Gasteiger partial charge in [-0.2, -0.15) is 0 Å². The van der Waals surface area contributed by atoms with Gasteiger partial charge in [0, 0.05) is 5.41 Å². The summed E-state index contributed by atoms with van der Waals surface area (Å²) in [7, 11) is 0. The van der Waals surface area contributed by atoms with E-state index in [9.17, 15) is 4.39 Å². The van der Waals surface area contributed by atoms with E-state index in [0.717, 1.165) is 11.1 Å². The standard InChI is InChI=1S/C11H16FNO/c1-8-6-9(12)4-5-10(8)11(2,3)7-14-13/h4-6H,7,13H2,1-3H3. The number of hydrogen-bond donors (Lipinski definition) is 1. The lowest BCUT2D eigenvalue weighted by molar-refractivity contribution is 0.0962. The van der Waals surface area contributed by atoms with Crippen molar-refractivity contribution in [3.8, 4) is 0 Å². The fourth-order valence-corrected chi connectivity index (χ4v) is 1.67. The zero-order chi connectivity index (χ0) is 10.8. The maximum atomic E-state index is 12.9. The molecule has 14 heavy (non-hydrogen) atoms. The SMILES string of the molecule is Cc1cc(F)ccc1C(C)(C)CON. The van der Waals surface area contributed by atoms with E-state index in [1.807, 2.05) is 20.8 Å². The number of hydrogen-bond acceptors (Lipinski definition) is 2. The van der Waals surface area contributed by atoms with Crippen molar-refractivity contribution in [3.63, 3.8) is 0 Å². The lowest BCUT2D eigenvalue weighted by atomic mass is 9.83. The minimum atomic E-state index is -0.212. The Labute approximate surface area is 83.8 Å². The topological polar surface area (TPSA) is 35.2 Å². The van der Waals surface area contributed by atoms with E-state index in [-0.39, 0.29) is 11.2 Å². The summed E-state index contributed by atoms with van der Waals surface area (Å²) in [5.41, 5.74) is 1.79. The smallest absolute Gasteiger partial charge is 0.123 e. The summed E-state index contributed by atoms with van der Waals surface area (Å²) in [6.45, 7) is 6.33. The Balaban J connectivity index is 3.06. The van der Waals surface area contributed by atoms with Crippen LogP contribution in [0.4, 0.5) is 4.39 Å². The van der Waals surface area contributed by atoms with Gasteiger partial charge in [0.25, 0.3) is 0 Å². The van der Waals surface area contributed by atoms with Crippen molar-refractivity contribution in [1.82, 2.24) is 0 Å². The molecule has 0 aliphatic carbocycles. The fourth-order valence-electron chi connectivity index (χ4n) is 1.67. The summed E-state index contributed by atoms with van der Waals surface area (Å²) in [6.07, 6.45) is 0. The number of halogens is 1. The van der Waals surface area contributed by atoms with Crippen LogP contribution < -0.4 is 5.90 Å². The van der Waals surface area contributed by atoms with E-state index in [2.05, 4.69) is 4.84 Å². The molecule has 0 unspecified atom stereocenters. The van der Waals surface area contributed by atoms with Crippen molar-refractivity contribution in [3.05, 3.63) is 35.1 Å². The first-order valence-corrected chi connectivity index (χ1v) is 4.55. The Kier molecular flexibility index (Phi) is 3.24. The molecule has 0 aliphatic rings. The van der Waals surface area contributed by atoms with Gasteiger partial charge >= 0.3 is 0 Å². The van der Waals surface area contributed by atoms with Crippen molar-refractivity contribution in [2.45, 2.75) is 26.2 Å². The molecule has 1 aromatic carbocycles. The van der Waals surface area contributed by atoms with Crippen LogP contribution in [-0.2, 0) is 10.3 Å². The van der Waals surface area contributed by atoms with Crippen molar-refractivity contribution in [2.24, 2.45) is 5.90 Å². The lowest BCUT2D eigenvalue weighted by Crippen LogP contribution is -2.27. The molecule has 3 heteroatoms. The van der Waals surface area contributed by atoms with E-state index in [0.29, 0.717) is 6.61 Å². The number of benzene rings is 1. The van der Waals surface area contributed by atoms with Crippen LogP contribution in [-0.4, -0.2) is 6.61 Å². The maximum Gasteiger partial charge on any atom is 0.123 e. The van der Waals surface area contributed by atoms with Crippen molar-refractivity contribution >= 4 is 0 Å². The number of aryl methyl sites for hydroxylation is 1. The van der Waals surface area contributed by atoms with Gasteiger partial charge in [0.1, 0.15) is 5.82 Å². The molecule has 0 radical (unpaired) electrons. The molecule has 0 aromatic heterocycles. The predicted octanol–water partition coefficient (Wildman–Crippen LogP) is 2.30. The molecule has 0 aliphatic heterocycles. The Morgan fingerprint density at radius 3 is 2.57 bits per heavy atom. The fraction of sp³-hybridized carbons (Fsp3) is 0.455. The molecule has 0 spiro atoms. The quantitative estimate of drug-likeness (QED) is 0.754. The largest absolute Gasteiger partial charge is 0.304 e. The second-order valence-electron chi connectivity index (χ2n) is 4.15. The molecule has 0 saturated carbocycles. The molecule has 1 rings (SSSR count). The molecular weight excluding hydrogens is 181 g/mol. The second-order valence-corrected chi connectivity index (χ2v) is 4.15. The summed E-state index contributed by atoms with van der Waals surface area (Å²) in [5.74, 6) is 4.85. The first-order valence-electron chi connectivity index (χ1n) is 4.55. The van der Waals surface area contributed by atoms with Gasteiger partial charge in [-0.05, 0) is 30.2 Å². The van der Waals surface area contributed by atoms with E-state index >= 15 is 0 Å². The first-order chi connectivity index (χ1) is 6.47. The Morgan fingerprint density at radius 2 is 2.07 bits per heavy atom. The highest BCUT2D eigenvalue weighted by Gasteiger charge is 2.22. The van der Waals surface area contributed by atoms with Crippen molar-refractivity contribution in [1.29, 1.82) is 0 Å². The van der Waals surface area contributed by atoms with Gasteiger partial charge in [0.2, 0.25) is 0 Å². The molecule has 0 saturated heterocycles. The van der Waals surface area contributed by atoms with Crippen molar-refractivity contribution in [2.75, 3.05) is 6.61 Å². The van der Waals surface area contributed by atoms with Gasteiger partial charge in [0.05, 0.1) is 6.61 Å². The summed E-state index contributed by atoms with van der Waals surface area (Å²) in [4.78, 5) is 4.65. The van der Waals surface area contributed by atoms with E-state index < -0.39 is 0 Å². The average molecular weight is 197 g/mol. The van der Waals surface area contributed by atoms with E-state index in [4.69, 9.17) is 5.90 Å². The average Bonchev–Trinajstić information content (AvgIpc) is 2.02. The first kappa shape index (κ1) is 11.1. The van der Waals surface area contributed by atoms with Gasteiger partial charge in [-0.3, -0.25) is 0 Å². The second kappa shape index (κ2) is 4.07. The minimum absolute atomic E-state index is 0.188. The zero-order valence-corrected chi connectivity index (χ0v) is 8.80. The summed E-state index contributed by atoms with van der Waals surface area (Å²) in [6, 6.07) is 4.76. The molecule has 0 amide bonds. The third-order valence-electron chi connectivity index (χ3n) is 2.36. The van der Waals surface area contributed by atoms with Gasteiger partial charge in [-0.1, -0.05) is 19.9 Å². The molecule has 2 N–H and O–H groups in total. The normalized spacial score (nSPS) is 11.8. The monoisotopic (exact) mass is 197 g/mol. The lowest BCUT2D eigenvalue weighted by Gasteiger charge is -2.25. The zero-order valence-electron chi connectivity index (χ0n) is 8.80. The van der Waals surface area contributed by atoms with Gasteiger partial charge in [-0.15, -0.1) is 0 Å². The summed E-state index contributed by atoms with van der Waals surface area (Å²) in [5, 5.41) is 0. The van der Waals surface area contributed by atoms with Crippen LogP contribution in [0.2, 0.25) is 0 Å². The van der Waals surface area contributed by atoms with Crippen LogP contribution in [0.5, 0.6) is 0 Å². The minimum Gasteiger partial charge on any atom is -0.304 e. The third-order valence-corrected chi connectivity index (χ3v) is 2.36. The van der Waals surface area contributed by atoms with Crippen LogP contribution in [0.15, 0.2) is 18.2 Å². The Hall–Kier alpha value is -0.930. The highest BCUT2D eigenvalue weighted by atomic mass is 19.1.